The number of carbonyl (C=O) groups is 1. The summed E-state index contributed by atoms with van der Waals surface area (Å²) in [5.74, 6) is -1.02. The van der Waals surface area contributed by atoms with E-state index >= 15 is 0 Å². The predicted molar refractivity (Wildman–Crippen MR) is 103 cm³/mol. The van der Waals surface area contributed by atoms with Crippen molar-refractivity contribution in [1.82, 2.24) is 0 Å². The zero-order chi connectivity index (χ0) is 18.4. The number of nitrogens with one attached hydrogen (secondary N) is 1. The maximum Gasteiger partial charge on any atom is 0.237 e. The second-order valence-corrected chi connectivity index (χ2v) is 7.31. The van der Waals surface area contributed by atoms with E-state index in [1.54, 1.807) is 6.07 Å². The van der Waals surface area contributed by atoms with Crippen LogP contribution in [0.15, 0.2) is 84.9 Å². The lowest BCUT2D eigenvalue weighted by Gasteiger charge is -2.17. The minimum atomic E-state index is -1.47. The Balaban J connectivity index is 1.79. The number of hydrogen-bond donors (Lipinski definition) is 1. The van der Waals surface area contributed by atoms with Crippen LogP contribution in [0.1, 0.15) is 16.4 Å². The van der Waals surface area contributed by atoms with Crippen molar-refractivity contribution < 1.29 is 13.4 Å². The van der Waals surface area contributed by atoms with Crippen molar-refractivity contribution in [3.05, 3.63) is 102 Å². The van der Waals surface area contributed by atoms with Crippen molar-refractivity contribution >= 4 is 22.4 Å². The molecule has 0 aliphatic heterocycles. The molecular weight excluding hydrogens is 349 g/mol. The Labute approximate surface area is 154 Å². The molecule has 3 nitrogen and oxygen atoms in total. The third-order valence-electron chi connectivity index (χ3n) is 3.85. The molecule has 3 aromatic carbocycles. The zero-order valence-corrected chi connectivity index (χ0v) is 14.8. The molecule has 0 saturated carbocycles. The molecule has 0 radical (unpaired) electrons. The topological polar surface area (TPSA) is 46.2 Å². The SMILES string of the molecule is O=C(CS(=O)C(c1ccccc1)c1ccccc1)Nc1cccc(F)c1. The van der Waals surface area contributed by atoms with Crippen LogP contribution < -0.4 is 5.32 Å². The van der Waals surface area contributed by atoms with Gasteiger partial charge in [-0.15, -0.1) is 0 Å². The molecule has 0 aliphatic rings. The highest BCUT2D eigenvalue weighted by Gasteiger charge is 2.23. The minimum absolute atomic E-state index is 0.176. The van der Waals surface area contributed by atoms with Gasteiger partial charge >= 0.3 is 0 Å². The zero-order valence-electron chi connectivity index (χ0n) is 14.0. The molecule has 1 N–H and O–H groups in total. The van der Waals surface area contributed by atoms with Crippen LogP contribution in [0.3, 0.4) is 0 Å². The number of rotatable bonds is 6. The van der Waals surface area contributed by atoms with Crippen molar-refractivity contribution in [1.29, 1.82) is 0 Å². The lowest BCUT2D eigenvalue weighted by Crippen LogP contribution is -2.23. The summed E-state index contributed by atoms with van der Waals surface area (Å²) >= 11 is 0. The fraction of sp³-hybridized carbons (Fsp3) is 0.0952. The number of carbonyl (C=O) groups excluding carboxylic acids is 1. The Hall–Kier alpha value is -2.79. The van der Waals surface area contributed by atoms with Gasteiger partial charge in [0.15, 0.2) is 0 Å². The molecule has 0 fully saturated rings. The largest absolute Gasteiger partial charge is 0.325 e. The van der Waals surface area contributed by atoms with Crippen molar-refractivity contribution in [2.75, 3.05) is 11.1 Å². The first-order chi connectivity index (χ1) is 12.6. The second-order valence-electron chi connectivity index (χ2n) is 5.79. The maximum atomic E-state index is 13.2. The first-order valence-corrected chi connectivity index (χ1v) is 9.54. The molecule has 132 valence electrons. The summed E-state index contributed by atoms with van der Waals surface area (Å²) < 4.78 is 26.2. The number of benzene rings is 3. The molecule has 5 heteroatoms. The van der Waals surface area contributed by atoms with E-state index in [9.17, 15) is 13.4 Å². The molecule has 0 aliphatic carbocycles. The van der Waals surface area contributed by atoms with E-state index in [0.717, 1.165) is 11.1 Å². The number of amides is 1. The van der Waals surface area contributed by atoms with Gasteiger partial charge in [-0.25, -0.2) is 4.39 Å². The van der Waals surface area contributed by atoms with Gasteiger partial charge < -0.3 is 5.32 Å². The molecule has 3 aromatic rings. The van der Waals surface area contributed by atoms with Crippen LogP contribution in [0, 0.1) is 5.82 Å². The highest BCUT2D eigenvalue weighted by molar-refractivity contribution is 7.86. The van der Waals surface area contributed by atoms with Crippen LogP contribution in [0.4, 0.5) is 10.1 Å². The van der Waals surface area contributed by atoms with Gasteiger partial charge in [-0.05, 0) is 29.3 Å². The third kappa shape index (κ3) is 4.64. The molecule has 1 unspecified atom stereocenters. The van der Waals surface area contributed by atoms with Gasteiger partial charge in [0.2, 0.25) is 5.91 Å². The van der Waals surface area contributed by atoms with Crippen molar-refractivity contribution in [2.45, 2.75) is 5.25 Å². The standard InChI is InChI=1S/C21H18FNO2S/c22-18-12-7-13-19(14-18)23-20(24)15-26(25)21(16-8-3-1-4-9-16)17-10-5-2-6-11-17/h1-14,21H,15H2,(H,23,24). The Morgan fingerprint density at radius 2 is 1.46 bits per heavy atom. The Morgan fingerprint density at radius 3 is 2.00 bits per heavy atom. The van der Waals surface area contributed by atoms with E-state index in [4.69, 9.17) is 0 Å². The van der Waals surface area contributed by atoms with Crippen molar-refractivity contribution in [3.63, 3.8) is 0 Å². The van der Waals surface area contributed by atoms with Crippen LogP contribution in [0.5, 0.6) is 0 Å². The van der Waals surface area contributed by atoms with Crippen LogP contribution >= 0.6 is 0 Å². The molecular formula is C21H18FNO2S. The lowest BCUT2D eigenvalue weighted by molar-refractivity contribution is -0.113. The number of halogens is 1. The van der Waals surface area contributed by atoms with Gasteiger partial charge in [0.25, 0.3) is 0 Å². The van der Waals surface area contributed by atoms with Crippen LogP contribution in [-0.2, 0) is 15.6 Å². The maximum absolute atomic E-state index is 13.2. The molecule has 0 heterocycles. The van der Waals surface area contributed by atoms with E-state index in [-0.39, 0.29) is 5.75 Å². The van der Waals surface area contributed by atoms with Crippen molar-refractivity contribution in [2.24, 2.45) is 0 Å². The Morgan fingerprint density at radius 1 is 0.885 bits per heavy atom. The van der Waals surface area contributed by atoms with Gasteiger partial charge in [0.1, 0.15) is 11.6 Å². The van der Waals surface area contributed by atoms with Gasteiger partial charge in [-0.3, -0.25) is 9.00 Å². The fourth-order valence-corrected chi connectivity index (χ4v) is 4.15. The minimum Gasteiger partial charge on any atom is -0.325 e. The average Bonchev–Trinajstić information content (AvgIpc) is 2.63. The Bertz CT molecular complexity index is 861. The summed E-state index contributed by atoms with van der Waals surface area (Å²) in [6.45, 7) is 0. The number of hydrogen-bond acceptors (Lipinski definition) is 2. The predicted octanol–water partition coefficient (Wildman–Crippen LogP) is 4.30. The van der Waals surface area contributed by atoms with E-state index in [0.29, 0.717) is 5.69 Å². The first kappa shape index (κ1) is 18.0. The van der Waals surface area contributed by atoms with Gasteiger partial charge in [0.05, 0.1) is 5.25 Å². The van der Waals surface area contributed by atoms with E-state index in [1.807, 2.05) is 60.7 Å². The normalized spacial score (nSPS) is 11.9. The van der Waals surface area contributed by atoms with E-state index in [1.165, 1.54) is 18.2 Å². The summed E-state index contributed by atoms with van der Waals surface area (Å²) in [5, 5.41) is 2.19. The molecule has 0 aromatic heterocycles. The first-order valence-electron chi connectivity index (χ1n) is 8.16. The van der Waals surface area contributed by atoms with E-state index in [2.05, 4.69) is 5.32 Å². The van der Waals surface area contributed by atoms with Crippen LogP contribution in [0.25, 0.3) is 0 Å². The summed E-state index contributed by atoms with van der Waals surface area (Å²) in [6, 6.07) is 24.6. The van der Waals surface area contributed by atoms with Crippen molar-refractivity contribution in [3.8, 4) is 0 Å². The highest BCUT2D eigenvalue weighted by atomic mass is 32.2. The second kappa shape index (κ2) is 8.54. The van der Waals surface area contributed by atoms with E-state index < -0.39 is 27.8 Å². The Kier molecular flexibility index (Phi) is 5.92. The molecule has 1 amide bonds. The molecule has 26 heavy (non-hydrogen) atoms. The van der Waals surface area contributed by atoms with Gasteiger partial charge in [0, 0.05) is 16.5 Å². The summed E-state index contributed by atoms with van der Waals surface area (Å²) in [5.41, 5.74) is 2.12. The van der Waals surface area contributed by atoms with Crippen LogP contribution in [-0.4, -0.2) is 15.9 Å². The smallest absolute Gasteiger partial charge is 0.237 e. The quantitative estimate of drug-likeness (QED) is 0.706. The van der Waals surface area contributed by atoms with Crippen LogP contribution in [0.2, 0.25) is 0 Å². The summed E-state index contributed by atoms with van der Waals surface area (Å²) in [6.07, 6.45) is 0. The number of anilines is 1. The highest BCUT2D eigenvalue weighted by Crippen LogP contribution is 2.28. The lowest BCUT2D eigenvalue weighted by atomic mass is 10.0. The molecule has 0 bridgehead atoms. The van der Waals surface area contributed by atoms with Gasteiger partial charge in [-0.2, -0.15) is 0 Å². The fourth-order valence-electron chi connectivity index (χ4n) is 2.73. The molecule has 3 rings (SSSR count). The monoisotopic (exact) mass is 367 g/mol. The average molecular weight is 367 g/mol. The molecule has 0 spiro atoms. The molecule has 1 atom stereocenters. The molecule has 0 saturated heterocycles. The summed E-state index contributed by atoms with van der Waals surface area (Å²) in [7, 11) is -1.47. The third-order valence-corrected chi connectivity index (χ3v) is 5.47. The van der Waals surface area contributed by atoms with Gasteiger partial charge in [-0.1, -0.05) is 66.7 Å². The summed E-state index contributed by atoms with van der Waals surface area (Å²) in [4.78, 5) is 12.3.